The standard InChI is InChI=1S/C14H24N2O/c1-2-3-9-16(11-13-6-4-8-15-13)12-14-7-5-10-17-14/h5,7,10,13,15H,2-4,6,8-9,11-12H2,1H3/t13-/m0/s1. The topological polar surface area (TPSA) is 28.4 Å². The average Bonchev–Trinajstić information content (AvgIpc) is 2.99. The Balaban J connectivity index is 1.83. The SMILES string of the molecule is CCCCN(Cc1ccco1)C[C@@H]1CCCN1. The summed E-state index contributed by atoms with van der Waals surface area (Å²) in [6.45, 7) is 6.72. The lowest BCUT2D eigenvalue weighted by Gasteiger charge is -2.24. The van der Waals surface area contributed by atoms with E-state index in [4.69, 9.17) is 4.42 Å². The molecule has 1 aromatic heterocycles. The number of hydrogen-bond donors (Lipinski definition) is 1. The smallest absolute Gasteiger partial charge is 0.117 e. The molecule has 2 rings (SSSR count). The van der Waals surface area contributed by atoms with Crippen LogP contribution in [0.3, 0.4) is 0 Å². The van der Waals surface area contributed by atoms with Gasteiger partial charge in [0.25, 0.3) is 0 Å². The molecule has 96 valence electrons. The Labute approximate surface area is 104 Å². The predicted molar refractivity (Wildman–Crippen MR) is 69.9 cm³/mol. The van der Waals surface area contributed by atoms with Gasteiger partial charge in [0.2, 0.25) is 0 Å². The molecule has 0 saturated carbocycles. The van der Waals surface area contributed by atoms with Gasteiger partial charge in [-0.3, -0.25) is 4.90 Å². The third-order valence-corrected chi connectivity index (χ3v) is 3.43. The number of unbranched alkanes of at least 4 members (excludes halogenated alkanes) is 1. The van der Waals surface area contributed by atoms with E-state index >= 15 is 0 Å². The van der Waals surface area contributed by atoms with E-state index in [9.17, 15) is 0 Å². The van der Waals surface area contributed by atoms with Gasteiger partial charge in [-0.05, 0) is 44.5 Å². The zero-order valence-electron chi connectivity index (χ0n) is 10.8. The molecule has 3 heteroatoms. The molecule has 0 aliphatic carbocycles. The Morgan fingerprint density at radius 1 is 1.53 bits per heavy atom. The van der Waals surface area contributed by atoms with Crippen LogP contribution >= 0.6 is 0 Å². The van der Waals surface area contributed by atoms with Gasteiger partial charge in [0.05, 0.1) is 12.8 Å². The van der Waals surface area contributed by atoms with Gasteiger partial charge in [0, 0.05) is 12.6 Å². The molecule has 0 radical (unpaired) electrons. The molecule has 0 amide bonds. The summed E-state index contributed by atoms with van der Waals surface area (Å²) >= 11 is 0. The number of rotatable bonds is 7. The summed E-state index contributed by atoms with van der Waals surface area (Å²) in [6.07, 6.45) is 6.94. The summed E-state index contributed by atoms with van der Waals surface area (Å²) in [4.78, 5) is 2.52. The normalized spacial score (nSPS) is 20.2. The fourth-order valence-electron chi connectivity index (χ4n) is 2.46. The fourth-order valence-corrected chi connectivity index (χ4v) is 2.46. The second-order valence-electron chi connectivity index (χ2n) is 4.96. The van der Waals surface area contributed by atoms with Crippen LogP contribution in [-0.4, -0.2) is 30.6 Å². The average molecular weight is 236 g/mol. The van der Waals surface area contributed by atoms with Crippen molar-refractivity contribution in [3.8, 4) is 0 Å². The van der Waals surface area contributed by atoms with Gasteiger partial charge < -0.3 is 9.73 Å². The fraction of sp³-hybridized carbons (Fsp3) is 0.714. The van der Waals surface area contributed by atoms with E-state index in [0.29, 0.717) is 6.04 Å². The molecule has 1 aliphatic heterocycles. The first-order valence-electron chi connectivity index (χ1n) is 6.86. The maximum absolute atomic E-state index is 5.45. The predicted octanol–water partition coefficient (Wildman–Crippen LogP) is 2.63. The molecule has 0 unspecified atom stereocenters. The zero-order valence-corrected chi connectivity index (χ0v) is 10.8. The lowest BCUT2D eigenvalue weighted by atomic mass is 10.2. The first kappa shape index (κ1) is 12.7. The molecular weight excluding hydrogens is 212 g/mol. The Bertz CT molecular complexity index is 291. The minimum absolute atomic E-state index is 0.682. The van der Waals surface area contributed by atoms with Crippen LogP contribution < -0.4 is 5.32 Å². The molecule has 0 spiro atoms. The largest absolute Gasteiger partial charge is 0.468 e. The van der Waals surface area contributed by atoms with Crippen LogP contribution in [0.5, 0.6) is 0 Å². The van der Waals surface area contributed by atoms with Crippen LogP contribution in [0.25, 0.3) is 0 Å². The van der Waals surface area contributed by atoms with Crippen molar-refractivity contribution in [2.75, 3.05) is 19.6 Å². The van der Waals surface area contributed by atoms with Crippen molar-refractivity contribution < 1.29 is 4.42 Å². The number of hydrogen-bond acceptors (Lipinski definition) is 3. The summed E-state index contributed by atoms with van der Waals surface area (Å²) in [5.74, 6) is 1.08. The summed E-state index contributed by atoms with van der Waals surface area (Å²) in [7, 11) is 0. The molecular formula is C14H24N2O. The summed E-state index contributed by atoms with van der Waals surface area (Å²) in [6, 6.07) is 4.73. The second kappa shape index (κ2) is 6.82. The van der Waals surface area contributed by atoms with Crippen molar-refractivity contribution in [2.24, 2.45) is 0 Å². The summed E-state index contributed by atoms with van der Waals surface area (Å²) in [5, 5.41) is 3.57. The monoisotopic (exact) mass is 236 g/mol. The van der Waals surface area contributed by atoms with Gasteiger partial charge in [-0.1, -0.05) is 13.3 Å². The molecule has 1 aromatic rings. The summed E-state index contributed by atoms with van der Waals surface area (Å²) < 4.78 is 5.45. The molecule has 2 heterocycles. The molecule has 0 bridgehead atoms. The highest BCUT2D eigenvalue weighted by Crippen LogP contribution is 2.11. The third kappa shape index (κ3) is 4.17. The van der Waals surface area contributed by atoms with Crippen molar-refractivity contribution >= 4 is 0 Å². The van der Waals surface area contributed by atoms with Crippen molar-refractivity contribution in [1.29, 1.82) is 0 Å². The highest BCUT2D eigenvalue weighted by atomic mass is 16.3. The number of furan rings is 1. The van der Waals surface area contributed by atoms with E-state index in [1.807, 2.05) is 6.07 Å². The lowest BCUT2D eigenvalue weighted by Crippen LogP contribution is -2.37. The van der Waals surface area contributed by atoms with Crippen LogP contribution in [0.15, 0.2) is 22.8 Å². The van der Waals surface area contributed by atoms with Gasteiger partial charge in [-0.25, -0.2) is 0 Å². The van der Waals surface area contributed by atoms with E-state index < -0.39 is 0 Å². The van der Waals surface area contributed by atoms with E-state index in [2.05, 4.69) is 23.2 Å². The Hall–Kier alpha value is -0.800. The quantitative estimate of drug-likeness (QED) is 0.789. The van der Waals surface area contributed by atoms with Gasteiger partial charge in [0.15, 0.2) is 0 Å². The molecule has 3 nitrogen and oxygen atoms in total. The molecule has 1 N–H and O–H groups in total. The molecule has 1 fully saturated rings. The van der Waals surface area contributed by atoms with Gasteiger partial charge in [-0.15, -0.1) is 0 Å². The van der Waals surface area contributed by atoms with E-state index in [-0.39, 0.29) is 0 Å². The van der Waals surface area contributed by atoms with Crippen molar-refractivity contribution in [1.82, 2.24) is 10.2 Å². The van der Waals surface area contributed by atoms with Crippen molar-refractivity contribution in [2.45, 2.75) is 45.2 Å². The Morgan fingerprint density at radius 3 is 3.12 bits per heavy atom. The highest BCUT2D eigenvalue weighted by molar-refractivity contribution is 4.98. The van der Waals surface area contributed by atoms with Gasteiger partial charge in [0.1, 0.15) is 5.76 Å². The maximum atomic E-state index is 5.45. The minimum atomic E-state index is 0.682. The minimum Gasteiger partial charge on any atom is -0.468 e. The van der Waals surface area contributed by atoms with Crippen molar-refractivity contribution in [3.05, 3.63) is 24.2 Å². The molecule has 1 saturated heterocycles. The number of nitrogens with zero attached hydrogens (tertiary/aromatic N) is 1. The molecule has 1 aliphatic rings. The first-order valence-corrected chi connectivity index (χ1v) is 6.86. The Kier molecular flexibility index (Phi) is 5.08. The van der Waals surface area contributed by atoms with Gasteiger partial charge in [-0.2, -0.15) is 0 Å². The van der Waals surface area contributed by atoms with Crippen LogP contribution in [0.1, 0.15) is 38.4 Å². The van der Waals surface area contributed by atoms with Crippen LogP contribution in [0.4, 0.5) is 0 Å². The molecule has 17 heavy (non-hydrogen) atoms. The van der Waals surface area contributed by atoms with E-state index in [1.54, 1.807) is 6.26 Å². The van der Waals surface area contributed by atoms with E-state index in [0.717, 1.165) is 18.8 Å². The Morgan fingerprint density at radius 2 is 2.47 bits per heavy atom. The van der Waals surface area contributed by atoms with Crippen LogP contribution in [0, 0.1) is 0 Å². The highest BCUT2D eigenvalue weighted by Gasteiger charge is 2.18. The van der Waals surface area contributed by atoms with E-state index in [1.165, 1.54) is 38.8 Å². The van der Waals surface area contributed by atoms with Crippen molar-refractivity contribution in [3.63, 3.8) is 0 Å². The molecule has 0 aromatic carbocycles. The summed E-state index contributed by atoms with van der Waals surface area (Å²) in [5.41, 5.74) is 0. The molecule has 1 atom stereocenters. The zero-order chi connectivity index (χ0) is 11.9. The second-order valence-corrected chi connectivity index (χ2v) is 4.96. The lowest BCUT2D eigenvalue weighted by molar-refractivity contribution is 0.220. The van der Waals surface area contributed by atoms with Crippen LogP contribution in [-0.2, 0) is 6.54 Å². The van der Waals surface area contributed by atoms with Gasteiger partial charge >= 0.3 is 0 Å². The maximum Gasteiger partial charge on any atom is 0.117 e. The third-order valence-electron chi connectivity index (χ3n) is 3.43. The number of nitrogens with one attached hydrogen (secondary N) is 1. The van der Waals surface area contributed by atoms with Crippen LogP contribution in [0.2, 0.25) is 0 Å². The first-order chi connectivity index (χ1) is 8.38.